The molecule has 0 aromatic carbocycles. The van der Waals surface area contributed by atoms with Gasteiger partial charge in [-0.1, -0.05) is 13.8 Å². The first kappa shape index (κ1) is 30.2. The van der Waals surface area contributed by atoms with E-state index in [0.29, 0.717) is 43.6 Å². The number of aromatic nitrogens is 4. The van der Waals surface area contributed by atoms with Gasteiger partial charge in [-0.05, 0) is 76.0 Å². The molecule has 3 fully saturated rings. The van der Waals surface area contributed by atoms with Gasteiger partial charge in [0.2, 0.25) is 5.95 Å². The summed E-state index contributed by atoms with van der Waals surface area (Å²) in [4.78, 5) is 37.4. The predicted molar refractivity (Wildman–Crippen MR) is 168 cm³/mol. The van der Waals surface area contributed by atoms with Crippen molar-refractivity contribution in [3.63, 3.8) is 0 Å². The van der Waals surface area contributed by atoms with E-state index in [-0.39, 0.29) is 24.1 Å². The number of aliphatic hydroxyl groups excluding tert-OH is 1. The number of nitrogens with zero attached hydrogens (tertiary/aromatic N) is 7. The number of hydrogen-bond acceptors (Lipinski definition) is 10. The molecule has 3 aromatic rings. The van der Waals surface area contributed by atoms with Crippen LogP contribution in [0.1, 0.15) is 72.3 Å². The summed E-state index contributed by atoms with van der Waals surface area (Å²) >= 11 is 0. The number of carbonyl (C=O) groups excluding carboxylic acids is 1. The number of amides is 1. The molecule has 0 aliphatic carbocycles. The predicted octanol–water partition coefficient (Wildman–Crippen LogP) is 5.18. The van der Waals surface area contributed by atoms with Crippen molar-refractivity contribution >= 4 is 40.3 Å². The van der Waals surface area contributed by atoms with Gasteiger partial charge in [-0.2, -0.15) is 4.98 Å². The molecule has 2 N–H and O–H groups in total. The number of hydrogen-bond donors (Lipinski definition) is 2. The quantitative estimate of drug-likeness (QED) is 0.402. The molecule has 3 aromatic heterocycles. The van der Waals surface area contributed by atoms with Crippen molar-refractivity contribution in [1.29, 1.82) is 0 Å². The van der Waals surface area contributed by atoms with Crippen molar-refractivity contribution in [1.82, 2.24) is 24.8 Å². The van der Waals surface area contributed by atoms with Gasteiger partial charge in [0.25, 0.3) is 0 Å². The minimum atomic E-state index is -1.73. The summed E-state index contributed by atoms with van der Waals surface area (Å²) in [5.41, 5.74) is -1.31. The molecule has 6 heterocycles. The van der Waals surface area contributed by atoms with Crippen molar-refractivity contribution in [3.8, 4) is 0 Å². The standard InChI is InChI=1S/C32H43FN8O3/c1-20(2)22-16-36-27(41-14-10-32(41)9-13-40(19-32)29(43)44-30(3,4)5)23-17-35-26(15-21(22)23)37-25-7-11-34-28(38-25)39-12-8-24(42)31(6,33)18-39/h7,11,15-17,20,24,42H,8-10,12-14,18-19H2,1-6H3,(H,34,35,37,38)/t24-,31+,32?/m1/s1. The van der Waals surface area contributed by atoms with Gasteiger partial charge in [0.15, 0.2) is 5.67 Å². The zero-order chi connectivity index (χ0) is 31.4. The molecule has 12 heteroatoms. The third-order valence-corrected chi connectivity index (χ3v) is 9.07. The first-order valence-electron chi connectivity index (χ1n) is 15.5. The molecule has 6 rings (SSSR count). The minimum absolute atomic E-state index is 0.0207. The maximum absolute atomic E-state index is 14.8. The topological polar surface area (TPSA) is 120 Å². The highest BCUT2D eigenvalue weighted by atomic mass is 19.1. The Kier molecular flexibility index (Phi) is 7.54. The van der Waals surface area contributed by atoms with Gasteiger partial charge in [-0.3, -0.25) is 0 Å². The maximum atomic E-state index is 14.8. The molecule has 236 valence electrons. The van der Waals surface area contributed by atoms with Gasteiger partial charge in [0, 0.05) is 50.2 Å². The largest absolute Gasteiger partial charge is 0.444 e. The second-order valence-electron chi connectivity index (χ2n) is 14.0. The number of fused-ring (bicyclic) bond motifs is 1. The zero-order valence-corrected chi connectivity index (χ0v) is 26.5. The van der Waals surface area contributed by atoms with Crippen LogP contribution in [0.2, 0.25) is 0 Å². The van der Waals surface area contributed by atoms with Crippen LogP contribution in [0.15, 0.2) is 30.7 Å². The monoisotopic (exact) mass is 606 g/mol. The fourth-order valence-electron chi connectivity index (χ4n) is 6.53. The third kappa shape index (κ3) is 5.71. The average Bonchev–Trinajstić information content (AvgIpc) is 3.42. The van der Waals surface area contributed by atoms with Crippen LogP contribution in [0.5, 0.6) is 0 Å². The molecule has 11 nitrogen and oxygen atoms in total. The van der Waals surface area contributed by atoms with E-state index in [2.05, 4.69) is 34.0 Å². The second kappa shape index (κ2) is 11.0. The highest BCUT2D eigenvalue weighted by Gasteiger charge is 2.52. The molecule has 44 heavy (non-hydrogen) atoms. The van der Waals surface area contributed by atoms with Gasteiger partial charge in [0.05, 0.1) is 18.2 Å². The van der Waals surface area contributed by atoms with E-state index in [4.69, 9.17) is 14.7 Å². The van der Waals surface area contributed by atoms with E-state index in [1.807, 2.05) is 44.1 Å². The lowest BCUT2D eigenvalue weighted by atomic mass is 9.83. The van der Waals surface area contributed by atoms with Crippen LogP contribution >= 0.6 is 0 Å². The number of alkyl halides is 1. The van der Waals surface area contributed by atoms with Gasteiger partial charge < -0.3 is 29.9 Å². The lowest BCUT2D eigenvalue weighted by molar-refractivity contribution is -0.00860. The van der Waals surface area contributed by atoms with Crippen LogP contribution in [0.3, 0.4) is 0 Å². The van der Waals surface area contributed by atoms with Gasteiger partial charge in [-0.15, -0.1) is 0 Å². The van der Waals surface area contributed by atoms with Crippen molar-refractivity contribution in [3.05, 3.63) is 36.3 Å². The molecular formula is C32H43FN8O3. The van der Waals surface area contributed by atoms with Gasteiger partial charge >= 0.3 is 6.09 Å². The molecule has 0 radical (unpaired) electrons. The maximum Gasteiger partial charge on any atom is 0.410 e. The fraction of sp³-hybridized carbons (Fsp3) is 0.594. The van der Waals surface area contributed by atoms with Gasteiger partial charge in [-0.25, -0.2) is 24.1 Å². The van der Waals surface area contributed by atoms with Crippen molar-refractivity contribution in [2.24, 2.45) is 0 Å². The number of aliphatic hydroxyl groups is 1. The Balaban J connectivity index is 1.26. The summed E-state index contributed by atoms with van der Waals surface area (Å²) in [6, 6.07) is 3.78. The van der Waals surface area contributed by atoms with E-state index in [1.54, 1.807) is 17.2 Å². The van der Waals surface area contributed by atoms with E-state index in [1.165, 1.54) is 6.92 Å². The molecule has 1 amide bonds. The minimum Gasteiger partial charge on any atom is -0.444 e. The first-order valence-corrected chi connectivity index (χ1v) is 15.5. The number of anilines is 4. The molecule has 3 aliphatic heterocycles. The summed E-state index contributed by atoms with van der Waals surface area (Å²) in [7, 11) is 0. The summed E-state index contributed by atoms with van der Waals surface area (Å²) in [6.45, 7) is 14.0. The van der Waals surface area contributed by atoms with Crippen LogP contribution in [0, 0.1) is 0 Å². The molecule has 3 aliphatic rings. The second-order valence-corrected chi connectivity index (χ2v) is 14.0. The summed E-state index contributed by atoms with van der Waals surface area (Å²) < 4.78 is 20.5. The lowest BCUT2D eigenvalue weighted by Crippen LogP contribution is -2.62. The number of nitrogens with one attached hydrogen (secondary N) is 1. The van der Waals surface area contributed by atoms with E-state index in [9.17, 15) is 14.3 Å². The van der Waals surface area contributed by atoms with Crippen LogP contribution in [0.25, 0.3) is 10.8 Å². The Labute approximate surface area is 257 Å². The van der Waals surface area contributed by atoms with E-state index in [0.717, 1.165) is 41.5 Å². The number of carbonyl (C=O) groups is 1. The molecule has 1 unspecified atom stereocenters. The molecular weight excluding hydrogens is 563 g/mol. The number of rotatable bonds is 5. The number of halogens is 1. The molecule has 3 saturated heterocycles. The number of piperidine rings is 1. The number of ether oxygens (including phenoxy) is 1. The number of likely N-dealkylation sites (tertiary alicyclic amines) is 1. The Hall–Kier alpha value is -3.80. The van der Waals surface area contributed by atoms with Crippen molar-refractivity contribution in [2.75, 3.05) is 47.8 Å². The van der Waals surface area contributed by atoms with Crippen LogP contribution in [-0.2, 0) is 4.74 Å². The Morgan fingerprint density at radius 3 is 2.55 bits per heavy atom. The van der Waals surface area contributed by atoms with E-state index >= 15 is 0 Å². The Bertz CT molecular complexity index is 1560. The Morgan fingerprint density at radius 2 is 1.86 bits per heavy atom. The van der Waals surface area contributed by atoms with Crippen LogP contribution in [0.4, 0.5) is 32.6 Å². The molecule has 0 saturated carbocycles. The Morgan fingerprint density at radius 1 is 1.09 bits per heavy atom. The zero-order valence-electron chi connectivity index (χ0n) is 26.5. The van der Waals surface area contributed by atoms with Crippen LogP contribution < -0.4 is 15.1 Å². The van der Waals surface area contributed by atoms with E-state index < -0.39 is 17.4 Å². The molecule has 0 bridgehead atoms. The lowest BCUT2D eigenvalue weighted by Gasteiger charge is -2.51. The average molecular weight is 607 g/mol. The summed E-state index contributed by atoms with van der Waals surface area (Å²) in [5, 5.41) is 15.3. The first-order chi connectivity index (χ1) is 20.7. The normalized spacial score (nSPS) is 25.6. The highest BCUT2D eigenvalue weighted by Crippen LogP contribution is 2.45. The smallest absolute Gasteiger partial charge is 0.410 e. The van der Waals surface area contributed by atoms with Crippen LogP contribution in [-0.4, -0.2) is 91.7 Å². The molecule has 3 atom stereocenters. The fourth-order valence-corrected chi connectivity index (χ4v) is 6.53. The summed E-state index contributed by atoms with van der Waals surface area (Å²) in [5.74, 6) is 2.70. The summed E-state index contributed by atoms with van der Waals surface area (Å²) in [6.07, 6.45) is 6.35. The third-order valence-electron chi connectivity index (χ3n) is 9.07. The van der Waals surface area contributed by atoms with Crippen molar-refractivity contribution in [2.45, 2.75) is 89.6 Å². The van der Waals surface area contributed by atoms with Gasteiger partial charge in [0.1, 0.15) is 23.1 Å². The molecule has 1 spiro atoms. The highest BCUT2D eigenvalue weighted by molar-refractivity contribution is 5.96. The van der Waals surface area contributed by atoms with Crippen molar-refractivity contribution < 1.29 is 19.0 Å². The SMILES string of the molecule is CC(C)c1cnc(N2CCC23CCN(C(=O)OC(C)(C)C)C3)c2cnc(Nc3ccnc(N4CC[C@@H](O)[C@@](C)(F)C4)n3)cc12. The number of pyridine rings is 2.